The molecule has 0 aliphatic heterocycles. The highest BCUT2D eigenvalue weighted by molar-refractivity contribution is 5.30. The van der Waals surface area contributed by atoms with E-state index in [1.54, 1.807) is 18.2 Å². The van der Waals surface area contributed by atoms with Crippen molar-refractivity contribution < 1.29 is 30.7 Å². The lowest BCUT2D eigenvalue weighted by Crippen LogP contribution is -2.06. The molecular formula is C14H9F7. The van der Waals surface area contributed by atoms with Crippen LogP contribution < -0.4 is 0 Å². The summed E-state index contributed by atoms with van der Waals surface area (Å²) < 4.78 is 86.5. The fourth-order valence-corrected chi connectivity index (χ4v) is 1.38. The summed E-state index contributed by atoms with van der Waals surface area (Å²) in [6.07, 6.45) is -3.52. The molecule has 0 saturated heterocycles. The molecule has 0 unspecified atom stereocenters. The van der Waals surface area contributed by atoms with Crippen LogP contribution in [-0.2, 0) is 0 Å². The largest absolute Gasteiger partial charge is 0.269 e. The van der Waals surface area contributed by atoms with Crippen LogP contribution in [0.2, 0.25) is 0 Å². The molecule has 0 bridgehead atoms. The molecule has 0 amide bonds. The van der Waals surface area contributed by atoms with E-state index in [4.69, 9.17) is 0 Å². The Bertz CT molecular complexity index is 579. The average Bonchev–Trinajstić information content (AvgIpc) is 2.44. The van der Waals surface area contributed by atoms with Crippen molar-refractivity contribution >= 4 is 0 Å². The summed E-state index contributed by atoms with van der Waals surface area (Å²) in [5.74, 6) is -7.98. The highest BCUT2D eigenvalue weighted by atomic mass is 19.3. The van der Waals surface area contributed by atoms with Gasteiger partial charge in [0.1, 0.15) is 11.6 Å². The lowest BCUT2D eigenvalue weighted by Gasteiger charge is -2.08. The highest BCUT2D eigenvalue weighted by Crippen LogP contribution is 2.30. The maximum atomic E-state index is 12.8. The number of alkyl halides is 2. The lowest BCUT2D eigenvalue weighted by molar-refractivity contribution is 0.138. The summed E-state index contributed by atoms with van der Waals surface area (Å²) in [6, 6.07) is 7.94. The zero-order chi connectivity index (χ0) is 16.2. The summed E-state index contributed by atoms with van der Waals surface area (Å²) in [6.45, 7) is 0.749. The summed E-state index contributed by atoms with van der Waals surface area (Å²) in [4.78, 5) is 0. The quantitative estimate of drug-likeness (QED) is 0.380. The van der Waals surface area contributed by atoms with Crippen molar-refractivity contribution in [3.8, 4) is 0 Å². The van der Waals surface area contributed by atoms with Crippen LogP contribution in [0.3, 0.4) is 0 Å². The molecule has 0 aromatic heterocycles. The van der Waals surface area contributed by atoms with Crippen LogP contribution in [0.25, 0.3) is 0 Å². The van der Waals surface area contributed by atoms with E-state index >= 15 is 0 Å². The van der Waals surface area contributed by atoms with Gasteiger partial charge in [-0.05, 0) is 19.1 Å². The van der Waals surface area contributed by atoms with Gasteiger partial charge in [-0.25, -0.2) is 30.7 Å². The molecular weight excluding hydrogens is 301 g/mol. The fourth-order valence-electron chi connectivity index (χ4n) is 1.38. The van der Waals surface area contributed by atoms with Gasteiger partial charge in [0.05, 0.1) is 5.56 Å². The summed E-state index contributed by atoms with van der Waals surface area (Å²) in [5, 5.41) is 0. The van der Waals surface area contributed by atoms with Crippen molar-refractivity contribution in [1.82, 2.24) is 0 Å². The molecule has 7 heteroatoms. The van der Waals surface area contributed by atoms with Gasteiger partial charge in [-0.15, -0.1) is 0 Å². The predicted molar refractivity (Wildman–Crippen MR) is 62.4 cm³/mol. The number of benzene rings is 2. The van der Waals surface area contributed by atoms with E-state index in [-0.39, 0.29) is 5.82 Å². The molecule has 2 aromatic rings. The van der Waals surface area contributed by atoms with Gasteiger partial charge >= 0.3 is 0 Å². The summed E-state index contributed by atoms with van der Waals surface area (Å²) >= 11 is 0. The molecule has 0 N–H and O–H groups in total. The first-order valence-electron chi connectivity index (χ1n) is 5.58. The molecule has 0 saturated carbocycles. The summed E-state index contributed by atoms with van der Waals surface area (Å²) in [5.41, 5.74) is -2.69. The fraction of sp³-hybridized carbons (Fsp3) is 0.143. The van der Waals surface area contributed by atoms with Gasteiger partial charge in [-0.2, -0.15) is 0 Å². The van der Waals surface area contributed by atoms with Gasteiger partial charge in [0.25, 0.3) is 6.43 Å². The molecule has 0 aliphatic carbocycles. The Morgan fingerprint density at radius 3 is 1.62 bits per heavy atom. The topological polar surface area (TPSA) is 0 Å². The van der Waals surface area contributed by atoms with Gasteiger partial charge in [0.15, 0.2) is 17.5 Å². The van der Waals surface area contributed by atoms with E-state index in [0.29, 0.717) is 0 Å². The predicted octanol–water partition coefficient (Wildman–Crippen LogP) is 5.31. The Morgan fingerprint density at radius 2 is 1.24 bits per heavy atom. The van der Waals surface area contributed by atoms with E-state index < -0.39 is 40.8 Å². The van der Waals surface area contributed by atoms with Crippen LogP contribution in [0.1, 0.15) is 17.6 Å². The average molecular weight is 310 g/mol. The van der Waals surface area contributed by atoms with Crippen molar-refractivity contribution in [2.75, 3.05) is 0 Å². The van der Waals surface area contributed by atoms with Crippen LogP contribution in [0.15, 0.2) is 30.3 Å². The van der Waals surface area contributed by atoms with Gasteiger partial charge in [-0.1, -0.05) is 18.2 Å². The standard InChI is InChI=1S/C8H4F6.C6H5F/c1-2-4(9)3(8(13)14)6(11)7(12)5(2)10;7-6-4-2-1-3-5-6/h8H,1H3;1-5H. The minimum absolute atomic E-state index is 0.178. The molecule has 21 heavy (non-hydrogen) atoms. The third-order valence-corrected chi connectivity index (χ3v) is 2.47. The number of hydrogen-bond acceptors (Lipinski definition) is 0. The summed E-state index contributed by atoms with van der Waals surface area (Å²) in [7, 11) is 0. The lowest BCUT2D eigenvalue weighted by atomic mass is 10.1. The highest BCUT2D eigenvalue weighted by Gasteiger charge is 2.28. The van der Waals surface area contributed by atoms with E-state index in [1.165, 1.54) is 12.1 Å². The SMILES string of the molecule is Cc1c(F)c(F)c(F)c(C(F)F)c1F.Fc1ccccc1. The van der Waals surface area contributed by atoms with Gasteiger partial charge < -0.3 is 0 Å². The molecule has 0 aliphatic rings. The van der Waals surface area contributed by atoms with Gasteiger partial charge in [0.2, 0.25) is 0 Å². The Balaban J connectivity index is 0.000000262. The molecule has 0 spiro atoms. The third-order valence-electron chi connectivity index (χ3n) is 2.47. The zero-order valence-electron chi connectivity index (χ0n) is 10.6. The van der Waals surface area contributed by atoms with Crippen LogP contribution >= 0.6 is 0 Å². The Labute approximate surface area is 115 Å². The minimum Gasteiger partial charge on any atom is -0.207 e. The van der Waals surface area contributed by atoms with Gasteiger partial charge in [0, 0.05) is 5.56 Å². The third kappa shape index (κ3) is 3.96. The first-order valence-corrected chi connectivity index (χ1v) is 5.58. The maximum Gasteiger partial charge on any atom is 0.269 e. The smallest absolute Gasteiger partial charge is 0.207 e. The minimum atomic E-state index is -3.52. The molecule has 0 fully saturated rings. The van der Waals surface area contributed by atoms with Crippen molar-refractivity contribution in [3.63, 3.8) is 0 Å². The van der Waals surface area contributed by atoms with Crippen molar-refractivity contribution in [2.24, 2.45) is 0 Å². The molecule has 0 radical (unpaired) electrons. The van der Waals surface area contributed by atoms with Crippen molar-refractivity contribution in [1.29, 1.82) is 0 Å². The second kappa shape index (κ2) is 7.10. The second-order valence-electron chi connectivity index (χ2n) is 3.89. The van der Waals surface area contributed by atoms with E-state index in [0.717, 1.165) is 6.92 Å². The molecule has 0 heterocycles. The molecule has 0 nitrogen and oxygen atoms in total. The number of rotatable bonds is 1. The van der Waals surface area contributed by atoms with Crippen LogP contribution in [0.4, 0.5) is 30.7 Å². The number of halogens is 7. The maximum absolute atomic E-state index is 12.8. The normalized spacial score (nSPS) is 10.3. The van der Waals surface area contributed by atoms with E-state index in [2.05, 4.69) is 0 Å². The Kier molecular flexibility index (Phi) is 5.75. The molecule has 0 atom stereocenters. The van der Waals surface area contributed by atoms with E-state index in [9.17, 15) is 30.7 Å². The Hall–Kier alpha value is -2.05. The Morgan fingerprint density at radius 1 is 0.714 bits per heavy atom. The van der Waals surface area contributed by atoms with Crippen LogP contribution in [0.5, 0.6) is 0 Å². The van der Waals surface area contributed by atoms with Crippen molar-refractivity contribution in [3.05, 3.63) is 70.5 Å². The molecule has 2 aromatic carbocycles. The van der Waals surface area contributed by atoms with Gasteiger partial charge in [-0.3, -0.25) is 0 Å². The second-order valence-corrected chi connectivity index (χ2v) is 3.89. The number of hydrogen-bond donors (Lipinski definition) is 0. The van der Waals surface area contributed by atoms with Crippen LogP contribution in [-0.4, -0.2) is 0 Å². The zero-order valence-corrected chi connectivity index (χ0v) is 10.6. The van der Waals surface area contributed by atoms with Crippen LogP contribution in [0, 0.1) is 36.0 Å². The first-order chi connectivity index (χ1) is 9.77. The van der Waals surface area contributed by atoms with Crippen molar-refractivity contribution in [2.45, 2.75) is 13.3 Å². The monoisotopic (exact) mass is 310 g/mol. The van der Waals surface area contributed by atoms with E-state index in [1.807, 2.05) is 0 Å². The molecule has 114 valence electrons. The molecule has 2 rings (SSSR count). The first kappa shape index (κ1) is 17.0.